The van der Waals surface area contributed by atoms with Crippen LogP contribution < -0.4 is 5.73 Å². The standard InChI is InChI=1S/C18H15N5/c1-13-12-23(18(20)22-13)21-11-15-4-8-17(9-5-15)16-6-2-14(10-19)3-7-16/h2-9,11-12H,1H3,(H2,20,22). The topological polar surface area (TPSA) is 80.0 Å². The summed E-state index contributed by atoms with van der Waals surface area (Å²) in [5.41, 5.74) is 10.4. The van der Waals surface area contributed by atoms with Crippen LogP contribution in [0.4, 0.5) is 5.95 Å². The number of nitrogens with zero attached hydrogens (tertiary/aromatic N) is 4. The predicted octanol–water partition coefficient (Wildman–Crippen LogP) is 3.19. The minimum absolute atomic E-state index is 0.368. The van der Waals surface area contributed by atoms with E-state index in [0.717, 1.165) is 22.4 Å². The maximum Gasteiger partial charge on any atom is 0.221 e. The smallest absolute Gasteiger partial charge is 0.221 e. The van der Waals surface area contributed by atoms with Gasteiger partial charge < -0.3 is 5.73 Å². The molecule has 0 radical (unpaired) electrons. The Hall–Kier alpha value is -3.39. The van der Waals surface area contributed by atoms with Gasteiger partial charge >= 0.3 is 0 Å². The second-order valence-corrected chi connectivity index (χ2v) is 5.14. The summed E-state index contributed by atoms with van der Waals surface area (Å²) in [4.78, 5) is 4.10. The Morgan fingerprint density at radius 1 is 1.09 bits per heavy atom. The van der Waals surface area contributed by atoms with Gasteiger partial charge in [0.25, 0.3) is 0 Å². The van der Waals surface area contributed by atoms with Gasteiger partial charge in [0, 0.05) is 0 Å². The highest BCUT2D eigenvalue weighted by atomic mass is 15.4. The fourth-order valence-electron chi connectivity index (χ4n) is 2.22. The van der Waals surface area contributed by atoms with E-state index < -0.39 is 0 Å². The molecule has 112 valence electrons. The first-order valence-electron chi connectivity index (χ1n) is 7.12. The molecule has 0 unspecified atom stereocenters. The van der Waals surface area contributed by atoms with E-state index in [2.05, 4.69) is 16.2 Å². The third-order valence-corrected chi connectivity index (χ3v) is 3.42. The second kappa shape index (κ2) is 6.16. The summed E-state index contributed by atoms with van der Waals surface area (Å²) in [6, 6.07) is 17.6. The molecule has 0 saturated carbocycles. The minimum atomic E-state index is 0.368. The number of nitrogen functional groups attached to an aromatic ring is 1. The number of hydrogen-bond acceptors (Lipinski definition) is 4. The number of hydrogen-bond donors (Lipinski definition) is 1. The minimum Gasteiger partial charge on any atom is -0.368 e. The number of nitriles is 1. The van der Waals surface area contributed by atoms with Crippen LogP contribution in [0.3, 0.4) is 0 Å². The lowest BCUT2D eigenvalue weighted by atomic mass is 10.0. The van der Waals surface area contributed by atoms with Crippen LogP contribution in [0.2, 0.25) is 0 Å². The largest absolute Gasteiger partial charge is 0.368 e. The first kappa shape index (κ1) is 14.5. The molecule has 0 bridgehead atoms. The predicted molar refractivity (Wildman–Crippen MR) is 91.0 cm³/mol. The fourth-order valence-corrected chi connectivity index (χ4v) is 2.22. The zero-order chi connectivity index (χ0) is 16.2. The molecule has 0 saturated heterocycles. The van der Waals surface area contributed by atoms with Crippen molar-refractivity contribution in [2.75, 3.05) is 5.73 Å². The third kappa shape index (κ3) is 3.27. The summed E-state index contributed by atoms with van der Waals surface area (Å²) in [5.74, 6) is 0.368. The third-order valence-electron chi connectivity index (χ3n) is 3.42. The summed E-state index contributed by atoms with van der Waals surface area (Å²) in [7, 11) is 0. The van der Waals surface area contributed by atoms with E-state index in [-0.39, 0.29) is 0 Å². The van der Waals surface area contributed by atoms with Gasteiger partial charge in [-0.05, 0) is 35.7 Å². The van der Waals surface area contributed by atoms with Crippen LogP contribution >= 0.6 is 0 Å². The zero-order valence-electron chi connectivity index (χ0n) is 12.6. The Morgan fingerprint density at radius 2 is 1.70 bits per heavy atom. The van der Waals surface area contributed by atoms with Crippen molar-refractivity contribution in [1.82, 2.24) is 9.66 Å². The van der Waals surface area contributed by atoms with Gasteiger partial charge in [-0.15, -0.1) is 0 Å². The Kier molecular flexibility index (Phi) is 3.89. The molecule has 2 aromatic carbocycles. The van der Waals surface area contributed by atoms with Crippen molar-refractivity contribution in [3.05, 3.63) is 71.5 Å². The summed E-state index contributed by atoms with van der Waals surface area (Å²) in [5, 5.41) is 13.1. The molecule has 2 N–H and O–H groups in total. The number of aromatic nitrogens is 2. The van der Waals surface area contributed by atoms with Crippen molar-refractivity contribution in [2.45, 2.75) is 6.92 Å². The summed E-state index contributed by atoms with van der Waals surface area (Å²) >= 11 is 0. The lowest BCUT2D eigenvalue weighted by molar-refractivity contribution is 0.897. The average molecular weight is 301 g/mol. The van der Waals surface area contributed by atoms with Crippen molar-refractivity contribution >= 4 is 12.2 Å². The van der Waals surface area contributed by atoms with E-state index in [9.17, 15) is 0 Å². The zero-order valence-corrected chi connectivity index (χ0v) is 12.6. The van der Waals surface area contributed by atoms with Crippen molar-refractivity contribution in [1.29, 1.82) is 5.26 Å². The average Bonchev–Trinajstić information content (AvgIpc) is 2.91. The Labute approximate surface area is 134 Å². The van der Waals surface area contributed by atoms with Gasteiger partial charge in [-0.2, -0.15) is 10.4 Å². The number of benzene rings is 2. The molecule has 23 heavy (non-hydrogen) atoms. The number of anilines is 1. The Bertz CT molecular complexity index is 881. The van der Waals surface area contributed by atoms with E-state index in [0.29, 0.717) is 11.5 Å². The van der Waals surface area contributed by atoms with E-state index in [1.54, 1.807) is 17.1 Å². The van der Waals surface area contributed by atoms with Crippen LogP contribution in [0.5, 0.6) is 0 Å². The molecule has 5 heteroatoms. The maximum absolute atomic E-state index is 8.83. The van der Waals surface area contributed by atoms with Crippen molar-refractivity contribution in [3.63, 3.8) is 0 Å². The van der Waals surface area contributed by atoms with Crippen LogP contribution in [-0.4, -0.2) is 15.9 Å². The van der Waals surface area contributed by atoms with Crippen LogP contribution in [0.1, 0.15) is 16.8 Å². The van der Waals surface area contributed by atoms with E-state index in [4.69, 9.17) is 11.0 Å². The van der Waals surface area contributed by atoms with Crippen LogP contribution in [-0.2, 0) is 0 Å². The van der Waals surface area contributed by atoms with Gasteiger partial charge in [0.15, 0.2) is 0 Å². The normalized spacial score (nSPS) is 10.8. The van der Waals surface area contributed by atoms with Crippen LogP contribution in [0, 0.1) is 18.3 Å². The molecule has 0 spiro atoms. The number of rotatable bonds is 3. The van der Waals surface area contributed by atoms with Gasteiger partial charge in [0.05, 0.1) is 29.7 Å². The van der Waals surface area contributed by atoms with E-state index in [1.807, 2.05) is 55.5 Å². The monoisotopic (exact) mass is 301 g/mol. The first-order chi connectivity index (χ1) is 11.2. The number of nitrogens with two attached hydrogens (primary N) is 1. The van der Waals surface area contributed by atoms with Crippen molar-refractivity contribution in [2.24, 2.45) is 5.10 Å². The molecule has 0 fully saturated rings. The molecular weight excluding hydrogens is 286 g/mol. The lowest BCUT2D eigenvalue weighted by Crippen LogP contribution is -1.96. The number of imidazole rings is 1. The summed E-state index contributed by atoms with van der Waals surface area (Å²) in [6.07, 6.45) is 3.51. The highest BCUT2D eigenvalue weighted by Gasteiger charge is 2.00. The molecular formula is C18H15N5. The van der Waals surface area contributed by atoms with Gasteiger partial charge in [-0.3, -0.25) is 0 Å². The molecule has 0 amide bonds. The fraction of sp³-hybridized carbons (Fsp3) is 0.0556. The van der Waals surface area contributed by atoms with Gasteiger partial charge in [0.2, 0.25) is 5.95 Å². The van der Waals surface area contributed by atoms with Crippen LogP contribution in [0.25, 0.3) is 11.1 Å². The molecule has 1 heterocycles. The Balaban J connectivity index is 1.79. The van der Waals surface area contributed by atoms with Crippen molar-refractivity contribution in [3.8, 4) is 17.2 Å². The van der Waals surface area contributed by atoms with Crippen LogP contribution in [0.15, 0.2) is 59.8 Å². The number of aryl methyl sites for hydroxylation is 1. The second-order valence-electron chi connectivity index (χ2n) is 5.14. The molecule has 0 aliphatic rings. The molecule has 0 aliphatic carbocycles. The molecule has 0 aliphatic heterocycles. The maximum atomic E-state index is 8.83. The molecule has 5 nitrogen and oxygen atoms in total. The van der Waals surface area contributed by atoms with Gasteiger partial charge in [-0.1, -0.05) is 36.4 Å². The van der Waals surface area contributed by atoms with Gasteiger partial charge in [0.1, 0.15) is 0 Å². The quantitative estimate of drug-likeness (QED) is 0.754. The van der Waals surface area contributed by atoms with Gasteiger partial charge in [-0.25, -0.2) is 9.66 Å². The highest BCUT2D eigenvalue weighted by molar-refractivity contribution is 5.81. The highest BCUT2D eigenvalue weighted by Crippen LogP contribution is 2.20. The molecule has 3 rings (SSSR count). The Morgan fingerprint density at radius 3 is 2.22 bits per heavy atom. The van der Waals surface area contributed by atoms with E-state index in [1.165, 1.54) is 0 Å². The molecule has 1 aromatic heterocycles. The molecule has 3 aromatic rings. The summed E-state index contributed by atoms with van der Waals surface area (Å²) in [6.45, 7) is 1.87. The van der Waals surface area contributed by atoms with Crippen molar-refractivity contribution < 1.29 is 0 Å². The van der Waals surface area contributed by atoms with E-state index >= 15 is 0 Å². The summed E-state index contributed by atoms with van der Waals surface area (Å²) < 4.78 is 1.55. The lowest BCUT2D eigenvalue weighted by Gasteiger charge is -2.02. The SMILES string of the molecule is Cc1cn(N=Cc2ccc(-c3ccc(C#N)cc3)cc2)c(N)n1. The molecule has 0 atom stereocenters. The first-order valence-corrected chi connectivity index (χ1v) is 7.12.